The summed E-state index contributed by atoms with van der Waals surface area (Å²) < 4.78 is 2.85. The van der Waals surface area contributed by atoms with Crippen LogP contribution < -0.4 is 16.1 Å². The van der Waals surface area contributed by atoms with Crippen molar-refractivity contribution in [2.45, 2.75) is 48.8 Å². The summed E-state index contributed by atoms with van der Waals surface area (Å²) in [5, 5.41) is 0. The van der Waals surface area contributed by atoms with E-state index >= 15 is 0 Å². The smallest absolute Gasteiger partial charge is 0.340 e. The van der Waals surface area contributed by atoms with Crippen LogP contribution in [0.4, 0.5) is 11.4 Å². The van der Waals surface area contributed by atoms with Gasteiger partial charge in [-0.3, -0.25) is 13.9 Å². The van der Waals surface area contributed by atoms with Crippen molar-refractivity contribution < 1.29 is 0 Å². The van der Waals surface area contributed by atoms with Gasteiger partial charge < -0.3 is 4.90 Å². The molecule has 0 amide bonds. The second-order valence-corrected chi connectivity index (χ2v) is 12.3. The van der Waals surface area contributed by atoms with E-state index in [1.54, 1.807) is 0 Å². The van der Waals surface area contributed by atoms with Crippen molar-refractivity contribution in [3.63, 3.8) is 0 Å². The summed E-state index contributed by atoms with van der Waals surface area (Å²) in [6, 6.07) is 31.2. The molecule has 3 aliphatic rings. The largest absolute Gasteiger partial charge is 0.352 e. The fourth-order valence-electron chi connectivity index (χ4n) is 5.99. The fourth-order valence-corrected chi connectivity index (χ4v) is 7.12. The van der Waals surface area contributed by atoms with Gasteiger partial charge in [0.1, 0.15) is 0 Å². The van der Waals surface area contributed by atoms with Crippen LogP contribution in [-0.4, -0.2) is 25.6 Å². The minimum Gasteiger partial charge on any atom is -0.340 e. The van der Waals surface area contributed by atoms with Crippen molar-refractivity contribution >= 4 is 34.2 Å². The fraction of sp³-hybridized carbons (Fsp3) is 0.222. The van der Waals surface area contributed by atoms with Gasteiger partial charge in [-0.1, -0.05) is 86.8 Å². The molecule has 0 atom stereocenters. The molecule has 0 saturated carbocycles. The molecule has 7 nitrogen and oxygen atoms in total. The molecule has 0 aromatic heterocycles. The van der Waals surface area contributed by atoms with E-state index < -0.39 is 11.2 Å². The molecule has 44 heavy (non-hydrogen) atoms. The van der Waals surface area contributed by atoms with E-state index in [-0.39, 0.29) is 11.5 Å². The lowest BCUT2D eigenvalue weighted by Crippen LogP contribution is -2.36. The topological polar surface area (TPSA) is 73.0 Å². The number of hydrogen-bond donors (Lipinski definition) is 0. The molecule has 4 aromatic rings. The Morgan fingerprint density at radius 1 is 0.727 bits per heavy atom. The molecule has 3 heterocycles. The minimum atomic E-state index is -0.604. The summed E-state index contributed by atoms with van der Waals surface area (Å²) in [7, 11) is 1.43. The third-order valence-electron chi connectivity index (χ3n) is 8.34. The van der Waals surface area contributed by atoms with Crippen LogP contribution in [0.15, 0.2) is 110 Å². The monoisotopic (exact) mass is 599 g/mol. The molecule has 0 aliphatic carbocycles. The Labute approximate surface area is 260 Å². The maximum Gasteiger partial charge on any atom is 0.352 e. The first-order chi connectivity index (χ1) is 21.5. The Hall–Kier alpha value is -4.69. The number of unbranched alkanes of at least 4 members (excludes halogenated alkanes) is 4. The highest BCUT2D eigenvalue weighted by molar-refractivity contribution is 7.99. The van der Waals surface area contributed by atoms with Crippen molar-refractivity contribution in [3.8, 4) is 28.3 Å². The first-order valence-corrected chi connectivity index (χ1v) is 16.0. The van der Waals surface area contributed by atoms with E-state index in [2.05, 4.69) is 76.4 Å². The number of nitrogens with zero attached hydrogens (tertiary/aromatic N) is 5. The van der Waals surface area contributed by atoms with Crippen molar-refractivity contribution in [1.29, 1.82) is 0 Å². The van der Waals surface area contributed by atoms with Crippen LogP contribution in [0.3, 0.4) is 0 Å². The maximum atomic E-state index is 13.0. The third-order valence-corrected chi connectivity index (χ3v) is 9.46. The Morgan fingerprint density at radius 2 is 1.45 bits per heavy atom. The zero-order valence-electron chi connectivity index (χ0n) is 24.9. The Bertz CT molecular complexity index is 2080. The van der Waals surface area contributed by atoms with Gasteiger partial charge in [-0.2, -0.15) is 4.98 Å². The molecular formula is C36H33N5O2S. The van der Waals surface area contributed by atoms with Gasteiger partial charge in [0, 0.05) is 29.1 Å². The van der Waals surface area contributed by atoms with Gasteiger partial charge in [0.15, 0.2) is 11.5 Å². The van der Waals surface area contributed by atoms with Crippen LogP contribution in [0.5, 0.6) is 0 Å². The molecule has 8 heteroatoms. The molecule has 0 bridgehead atoms. The average molecular weight is 600 g/mol. The molecule has 0 saturated heterocycles. The lowest BCUT2D eigenvalue weighted by Gasteiger charge is -2.33. The van der Waals surface area contributed by atoms with E-state index in [0.717, 1.165) is 33.4 Å². The number of fused-ring (bicyclic) bond motifs is 4. The molecule has 4 aromatic carbocycles. The summed E-state index contributed by atoms with van der Waals surface area (Å²) in [6.45, 7) is 3.26. The molecule has 0 N–H and O–H groups in total. The number of rotatable bonds is 8. The van der Waals surface area contributed by atoms with Gasteiger partial charge in [0.25, 0.3) is 5.56 Å². The summed E-state index contributed by atoms with van der Waals surface area (Å²) in [5.41, 5.74) is 6.09. The highest BCUT2D eigenvalue weighted by Gasteiger charge is 2.24. The molecule has 0 fully saturated rings. The van der Waals surface area contributed by atoms with Crippen molar-refractivity contribution in [3.05, 3.63) is 112 Å². The molecule has 0 radical (unpaired) electrons. The molecule has 0 spiro atoms. The van der Waals surface area contributed by atoms with Crippen LogP contribution in [0, 0.1) is 0 Å². The van der Waals surface area contributed by atoms with Gasteiger partial charge in [-0.05, 0) is 66.1 Å². The minimum absolute atomic E-state index is 0.164. The van der Waals surface area contributed by atoms with Crippen LogP contribution in [0.2, 0.25) is 0 Å². The zero-order valence-corrected chi connectivity index (χ0v) is 25.7. The van der Waals surface area contributed by atoms with Gasteiger partial charge in [0.05, 0.1) is 22.4 Å². The van der Waals surface area contributed by atoms with Crippen LogP contribution in [0.25, 0.3) is 39.4 Å². The van der Waals surface area contributed by atoms with Crippen LogP contribution in [0.1, 0.15) is 39.0 Å². The molecule has 7 rings (SSSR count). The molecular weight excluding hydrogens is 566 g/mol. The molecule has 220 valence electrons. The summed E-state index contributed by atoms with van der Waals surface area (Å²) in [6.07, 6.45) is 6.26. The Balaban J connectivity index is 1.25. The number of hydrogen-bond acceptors (Lipinski definition) is 6. The molecule has 3 aliphatic heterocycles. The van der Waals surface area contributed by atoms with Gasteiger partial charge in [-0.25, -0.2) is 9.78 Å². The van der Waals surface area contributed by atoms with E-state index in [0.29, 0.717) is 5.52 Å². The lowest BCUT2D eigenvalue weighted by molar-refractivity contribution is 0.632. The second kappa shape index (κ2) is 11.8. The molecule has 0 unspecified atom stereocenters. The number of para-hydroxylation sites is 3. The van der Waals surface area contributed by atoms with E-state index in [9.17, 15) is 9.59 Å². The van der Waals surface area contributed by atoms with Gasteiger partial charge >= 0.3 is 5.69 Å². The summed E-state index contributed by atoms with van der Waals surface area (Å²) in [4.78, 5) is 39.3. The third kappa shape index (κ3) is 4.99. The zero-order chi connectivity index (χ0) is 30.2. The first kappa shape index (κ1) is 28.1. The van der Waals surface area contributed by atoms with Crippen molar-refractivity contribution in [1.82, 2.24) is 19.1 Å². The lowest BCUT2D eigenvalue weighted by atomic mass is 10.0. The number of benzene rings is 4. The highest BCUT2D eigenvalue weighted by atomic mass is 32.2. The van der Waals surface area contributed by atoms with Crippen molar-refractivity contribution in [2.75, 3.05) is 11.4 Å². The van der Waals surface area contributed by atoms with E-state index in [1.807, 2.05) is 52.7 Å². The summed E-state index contributed by atoms with van der Waals surface area (Å²) >= 11 is 1.83. The van der Waals surface area contributed by atoms with Gasteiger partial charge in [-0.15, -0.1) is 0 Å². The SMILES string of the molecule is CCCCCCCN1c2ccccc2Sc2cc(-c3ccc(-n4c5nc(=O)n(C)c(=O)c-5nc5ccccc54)cc3)ccc21. The van der Waals surface area contributed by atoms with Gasteiger partial charge in [0.2, 0.25) is 0 Å². The average Bonchev–Trinajstić information content (AvgIpc) is 3.06. The number of aromatic nitrogens is 4. The quantitative estimate of drug-likeness (QED) is 0.131. The Morgan fingerprint density at radius 3 is 2.30 bits per heavy atom. The second-order valence-electron chi connectivity index (χ2n) is 11.2. The van der Waals surface area contributed by atoms with E-state index in [1.165, 1.54) is 60.3 Å². The predicted molar refractivity (Wildman–Crippen MR) is 179 cm³/mol. The summed E-state index contributed by atoms with van der Waals surface area (Å²) in [5.74, 6) is 0.253. The maximum absolute atomic E-state index is 13.0. The number of anilines is 2. The standard InChI is InChI=1S/C36H33N5O2S/c1-3-4-5-6-11-22-40-29-14-9-10-15-31(29)44-32-23-25(18-21-30(32)40)24-16-19-26(20-17-24)41-28-13-8-7-12-27(28)37-33-34(41)38-36(43)39(2)35(33)42/h7-10,12-21,23H,3-6,11,22H2,1-2H3. The van der Waals surface area contributed by atoms with E-state index in [4.69, 9.17) is 0 Å². The Kier molecular flexibility index (Phi) is 7.52. The first-order valence-electron chi connectivity index (χ1n) is 15.2. The predicted octanol–water partition coefficient (Wildman–Crippen LogP) is 7.82. The van der Waals surface area contributed by atoms with Crippen molar-refractivity contribution in [2.24, 2.45) is 7.05 Å². The van der Waals surface area contributed by atoms with Crippen LogP contribution >= 0.6 is 11.8 Å². The highest BCUT2D eigenvalue weighted by Crippen LogP contribution is 2.49. The normalized spacial score (nSPS) is 12.5. The van der Waals surface area contributed by atoms with Crippen LogP contribution in [-0.2, 0) is 7.05 Å².